The van der Waals surface area contributed by atoms with Crippen LogP contribution >= 0.6 is 11.6 Å². The lowest BCUT2D eigenvalue weighted by atomic mass is 10.1. The van der Waals surface area contributed by atoms with Crippen LogP contribution in [0.1, 0.15) is 12.5 Å². The average molecular weight is 416 g/mol. The van der Waals surface area contributed by atoms with Gasteiger partial charge in [0.05, 0.1) is 11.5 Å². The van der Waals surface area contributed by atoms with Crippen LogP contribution in [-0.4, -0.2) is 48.5 Å². The number of nitrogens with zero attached hydrogens (tertiary/aromatic N) is 3. The topological polar surface area (TPSA) is 75.9 Å². The molecule has 0 saturated carbocycles. The Morgan fingerprint density at radius 2 is 1.93 bits per heavy atom. The van der Waals surface area contributed by atoms with Gasteiger partial charge < -0.3 is 14.5 Å². The fourth-order valence-electron chi connectivity index (χ4n) is 3.25. The summed E-state index contributed by atoms with van der Waals surface area (Å²) in [6.45, 7) is 4.45. The molecule has 1 amide bonds. The van der Waals surface area contributed by atoms with E-state index in [0.29, 0.717) is 43.5 Å². The molecule has 2 aromatic rings. The molecule has 0 atom stereocenters. The Morgan fingerprint density at radius 3 is 2.62 bits per heavy atom. The van der Waals surface area contributed by atoms with Gasteiger partial charge in [-0.2, -0.15) is 0 Å². The molecule has 0 aromatic heterocycles. The van der Waals surface area contributed by atoms with Crippen LogP contribution in [0.15, 0.2) is 48.5 Å². The first kappa shape index (κ1) is 20.7. The van der Waals surface area contributed by atoms with Gasteiger partial charge in [-0.3, -0.25) is 14.9 Å². The molecule has 2 aromatic carbocycles. The molecular formula is C21H22ClN3O4. The number of carbonyl (C=O) groups excluding carboxylic acids is 1. The van der Waals surface area contributed by atoms with Crippen molar-refractivity contribution < 1.29 is 14.5 Å². The van der Waals surface area contributed by atoms with Crippen LogP contribution in [0.25, 0.3) is 6.08 Å². The summed E-state index contributed by atoms with van der Waals surface area (Å²) in [5.74, 6) is 0.639. The van der Waals surface area contributed by atoms with E-state index < -0.39 is 4.92 Å². The number of para-hydroxylation sites is 1. The smallest absolute Gasteiger partial charge is 0.294 e. The van der Waals surface area contributed by atoms with Crippen LogP contribution in [0.5, 0.6) is 5.75 Å². The first-order chi connectivity index (χ1) is 14.0. The minimum Gasteiger partial charge on any atom is -0.493 e. The standard InChI is InChI=1S/C21H22ClN3O4/c1-2-29-20-6-4-3-5-16(20)7-10-21(26)24-13-11-23(12-14-24)18-9-8-17(22)15-19(18)25(27)28/h3-10,15H,2,11-14H2,1H3/b10-7-. The van der Waals surface area contributed by atoms with Crippen molar-refractivity contribution >= 4 is 35.0 Å². The molecule has 1 aliphatic rings. The maximum atomic E-state index is 12.6. The third kappa shape index (κ3) is 5.06. The summed E-state index contributed by atoms with van der Waals surface area (Å²) >= 11 is 5.89. The number of anilines is 1. The van der Waals surface area contributed by atoms with Crippen molar-refractivity contribution in [1.29, 1.82) is 0 Å². The van der Waals surface area contributed by atoms with E-state index >= 15 is 0 Å². The molecule has 1 saturated heterocycles. The molecule has 3 rings (SSSR count). The van der Waals surface area contributed by atoms with Crippen molar-refractivity contribution in [1.82, 2.24) is 4.90 Å². The normalized spacial score (nSPS) is 14.3. The Kier molecular flexibility index (Phi) is 6.72. The summed E-state index contributed by atoms with van der Waals surface area (Å²) in [5.41, 5.74) is 1.34. The molecule has 0 N–H and O–H groups in total. The maximum absolute atomic E-state index is 12.6. The van der Waals surface area contributed by atoms with Crippen LogP contribution in [0.2, 0.25) is 5.02 Å². The Balaban J connectivity index is 1.64. The zero-order chi connectivity index (χ0) is 20.8. The van der Waals surface area contributed by atoms with Crippen molar-refractivity contribution in [3.63, 3.8) is 0 Å². The second-order valence-corrected chi connectivity index (χ2v) is 6.94. The van der Waals surface area contributed by atoms with Gasteiger partial charge in [0, 0.05) is 48.9 Å². The molecule has 7 nitrogen and oxygen atoms in total. The molecule has 1 aliphatic heterocycles. The third-order valence-corrected chi connectivity index (χ3v) is 4.93. The Morgan fingerprint density at radius 1 is 1.21 bits per heavy atom. The number of hydrogen-bond acceptors (Lipinski definition) is 5. The third-order valence-electron chi connectivity index (χ3n) is 4.69. The summed E-state index contributed by atoms with van der Waals surface area (Å²) in [6, 6.07) is 12.2. The highest BCUT2D eigenvalue weighted by Gasteiger charge is 2.25. The summed E-state index contributed by atoms with van der Waals surface area (Å²) in [4.78, 5) is 27.1. The molecule has 0 radical (unpaired) electrons. The number of hydrogen-bond donors (Lipinski definition) is 0. The number of nitro benzene ring substituents is 1. The highest BCUT2D eigenvalue weighted by Crippen LogP contribution is 2.31. The van der Waals surface area contributed by atoms with Crippen molar-refractivity contribution in [2.45, 2.75) is 6.92 Å². The van der Waals surface area contributed by atoms with Gasteiger partial charge in [0.15, 0.2) is 0 Å². The number of carbonyl (C=O) groups is 1. The highest BCUT2D eigenvalue weighted by molar-refractivity contribution is 6.30. The van der Waals surface area contributed by atoms with Gasteiger partial charge in [0.25, 0.3) is 5.69 Å². The van der Waals surface area contributed by atoms with E-state index in [1.807, 2.05) is 36.1 Å². The number of rotatable bonds is 6. The van der Waals surface area contributed by atoms with Gasteiger partial charge in [-0.25, -0.2) is 0 Å². The molecule has 29 heavy (non-hydrogen) atoms. The molecular weight excluding hydrogens is 394 g/mol. The predicted molar refractivity (Wildman–Crippen MR) is 114 cm³/mol. The summed E-state index contributed by atoms with van der Waals surface area (Å²) in [5, 5.41) is 11.6. The minimum atomic E-state index is -0.433. The van der Waals surface area contributed by atoms with Gasteiger partial charge in [-0.15, -0.1) is 0 Å². The second kappa shape index (κ2) is 9.43. The van der Waals surface area contributed by atoms with E-state index in [1.165, 1.54) is 12.1 Å². The number of halogens is 1. The van der Waals surface area contributed by atoms with E-state index in [4.69, 9.17) is 16.3 Å². The lowest BCUT2D eigenvalue weighted by Gasteiger charge is -2.35. The fourth-order valence-corrected chi connectivity index (χ4v) is 3.42. The lowest BCUT2D eigenvalue weighted by Crippen LogP contribution is -2.48. The first-order valence-corrected chi connectivity index (χ1v) is 9.75. The zero-order valence-electron chi connectivity index (χ0n) is 16.1. The Bertz CT molecular complexity index is 924. The molecule has 1 heterocycles. The maximum Gasteiger partial charge on any atom is 0.294 e. The van der Waals surface area contributed by atoms with Crippen LogP contribution in [0, 0.1) is 10.1 Å². The molecule has 0 aliphatic carbocycles. The van der Waals surface area contributed by atoms with Gasteiger partial charge in [-0.05, 0) is 31.2 Å². The molecule has 152 valence electrons. The average Bonchev–Trinajstić information content (AvgIpc) is 2.73. The van der Waals surface area contributed by atoms with Crippen molar-refractivity contribution in [2.24, 2.45) is 0 Å². The van der Waals surface area contributed by atoms with Crippen molar-refractivity contribution in [2.75, 3.05) is 37.7 Å². The van der Waals surface area contributed by atoms with Gasteiger partial charge >= 0.3 is 0 Å². The van der Waals surface area contributed by atoms with Gasteiger partial charge in [-0.1, -0.05) is 29.8 Å². The minimum absolute atomic E-state index is 0.0234. The number of nitro groups is 1. The molecule has 1 fully saturated rings. The Labute approximate surface area is 174 Å². The van der Waals surface area contributed by atoms with Crippen LogP contribution in [-0.2, 0) is 4.79 Å². The van der Waals surface area contributed by atoms with E-state index in [-0.39, 0.29) is 11.6 Å². The second-order valence-electron chi connectivity index (χ2n) is 6.51. The van der Waals surface area contributed by atoms with Crippen LogP contribution in [0.3, 0.4) is 0 Å². The largest absolute Gasteiger partial charge is 0.493 e. The first-order valence-electron chi connectivity index (χ1n) is 9.37. The quantitative estimate of drug-likeness (QED) is 0.405. The number of amides is 1. The summed E-state index contributed by atoms with van der Waals surface area (Å²) < 4.78 is 5.57. The van der Waals surface area contributed by atoms with E-state index in [9.17, 15) is 14.9 Å². The lowest BCUT2D eigenvalue weighted by molar-refractivity contribution is -0.384. The fraction of sp³-hybridized carbons (Fsp3) is 0.286. The Hall–Kier alpha value is -3.06. The van der Waals surface area contributed by atoms with Crippen LogP contribution in [0.4, 0.5) is 11.4 Å². The number of ether oxygens (including phenoxy) is 1. The van der Waals surface area contributed by atoms with Gasteiger partial charge in [0.2, 0.25) is 5.91 Å². The van der Waals surface area contributed by atoms with E-state index in [1.54, 1.807) is 23.1 Å². The SMILES string of the molecule is CCOc1ccccc1/C=C\C(=O)N1CCN(c2ccc(Cl)cc2[N+](=O)[O-])CC1. The van der Waals surface area contributed by atoms with E-state index in [2.05, 4.69) is 0 Å². The van der Waals surface area contributed by atoms with Gasteiger partial charge in [0.1, 0.15) is 11.4 Å². The predicted octanol–water partition coefficient (Wildman–Crippen LogP) is 4.01. The molecule has 8 heteroatoms. The monoisotopic (exact) mass is 415 g/mol. The molecule has 0 bridgehead atoms. The highest BCUT2D eigenvalue weighted by atomic mass is 35.5. The van der Waals surface area contributed by atoms with Crippen molar-refractivity contribution in [3.05, 3.63) is 69.2 Å². The summed E-state index contributed by atoms with van der Waals surface area (Å²) in [6.07, 6.45) is 3.29. The number of piperazine rings is 1. The molecule has 0 spiro atoms. The van der Waals surface area contributed by atoms with E-state index in [0.717, 1.165) is 11.3 Å². The number of benzene rings is 2. The van der Waals surface area contributed by atoms with Crippen molar-refractivity contribution in [3.8, 4) is 5.75 Å². The molecule has 0 unspecified atom stereocenters. The summed E-state index contributed by atoms with van der Waals surface area (Å²) in [7, 11) is 0. The van der Waals surface area contributed by atoms with Crippen LogP contribution < -0.4 is 9.64 Å². The zero-order valence-corrected chi connectivity index (χ0v) is 16.8.